The molecule has 8 bridgehead atoms. The summed E-state index contributed by atoms with van der Waals surface area (Å²) in [5.41, 5.74) is 2.48. The first kappa shape index (κ1) is 49.8. The Balaban J connectivity index is 0.00000576. The van der Waals surface area contributed by atoms with Gasteiger partial charge in [-0.25, -0.2) is 9.97 Å². The molecule has 7 aromatic rings. The first-order valence-electron chi connectivity index (χ1n) is 17.9. The highest BCUT2D eigenvalue weighted by molar-refractivity contribution is 6.67. The Bertz CT molecular complexity index is 3400. The van der Waals surface area contributed by atoms with Crippen LogP contribution >= 0.6 is 198 Å². The molecule has 0 unspecified atom stereocenters. The topological polar surface area (TPSA) is 57.4 Å². The summed E-state index contributed by atoms with van der Waals surface area (Å²) < 4.78 is 0. The molecular weight excluding hydrogens is 1190 g/mol. The number of hydrogen-bond acceptors (Lipinski definition) is 2. The van der Waals surface area contributed by atoms with Gasteiger partial charge in [0.25, 0.3) is 0 Å². The van der Waals surface area contributed by atoms with Gasteiger partial charge in [0.05, 0.1) is 88.1 Å². The molecule has 0 saturated carbocycles. The van der Waals surface area contributed by atoms with Crippen LogP contribution in [0.5, 0.6) is 0 Å². The SMILES string of the molecule is Cl.ClC1=C(Cl)c2nc1c(Cl)c1[nH]c(c(Cl)c3nc(c(-c4c(Cl)cccc4Cl)c4[nH]c(c2Cl)c(-c2c(Cl)cccc2Cl)c4-c2c(Cl)cccc2Cl)C(c2c(Cl)cccc2Cl)=C3Cl)c(Cl)c1Cl. The van der Waals surface area contributed by atoms with Crippen LogP contribution in [-0.2, 0) is 0 Å². The Hall–Kier alpha value is -1.59. The van der Waals surface area contributed by atoms with Gasteiger partial charge in [0.15, 0.2) is 0 Å². The van der Waals surface area contributed by atoms with Crippen LogP contribution in [0.1, 0.15) is 28.3 Å². The third-order valence-corrected chi connectivity index (χ3v) is 15.9. The number of benzene rings is 4. The summed E-state index contributed by atoms with van der Waals surface area (Å²) in [6, 6.07) is 19.8. The van der Waals surface area contributed by atoms with E-state index in [2.05, 4.69) is 9.97 Å². The van der Waals surface area contributed by atoms with Crippen molar-refractivity contribution in [2.24, 2.45) is 0 Å². The number of halogens is 17. The normalized spacial score (nSPS) is 12.7. The second-order valence-corrected chi connectivity index (χ2v) is 20.0. The maximum atomic E-state index is 7.57. The van der Waals surface area contributed by atoms with E-state index in [0.717, 1.165) is 0 Å². The maximum Gasteiger partial charge on any atom is 0.105 e. The zero-order chi connectivity index (χ0) is 45.8. The largest absolute Gasteiger partial charge is 0.353 e. The van der Waals surface area contributed by atoms with Gasteiger partial charge in [-0.3, -0.25) is 0 Å². The number of fused-ring (bicyclic) bond motifs is 8. The summed E-state index contributed by atoms with van der Waals surface area (Å²) in [5.74, 6) is 0. The van der Waals surface area contributed by atoms with E-state index in [0.29, 0.717) is 0 Å². The molecule has 2 aliphatic heterocycles. The molecule has 0 radical (unpaired) electrons. The zero-order valence-electron chi connectivity index (χ0n) is 31.3. The Morgan fingerprint density at radius 3 is 0.969 bits per heavy atom. The van der Waals surface area contributed by atoms with Gasteiger partial charge in [-0.05, 0) is 48.5 Å². The van der Waals surface area contributed by atoms with Crippen LogP contribution in [0.4, 0.5) is 0 Å². The highest BCUT2D eigenvalue weighted by Gasteiger charge is 2.35. The second-order valence-electron chi connectivity index (χ2n) is 13.8. The molecule has 65 heavy (non-hydrogen) atoms. The average molecular weight is 1200 g/mol. The number of hydrogen-bond donors (Lipinski definition) is 2. The molecule has 0 fully saturated rings. The van der Waals surface area contributed by atoms with Gasteiger partial charge in [-0.15, -0.1) is 12.4 Å². The van der Waals surface area contributed by atoms with Crippen LogP contribution in [0.2, 0.25) is 65.3 Å². The van der Waals surface area contributed by atoms with Crippen molar-refractivity contribution >= 4 is 241 Å². The van der Waals surface area contributed by atoms with Gasteiger partial charge in [0.1, 0.15) is 17.1 Å². The lowest BCUT2D eigenvalue weighted by molar-refractivity contribution is 1.30. The molecule has 2 N–H and O–H groups in total. The summed E-state index contributed by atoms with van der Waals surface area (Å²) in [7, 11) is 0. The lowest BCUT2D eigenvalue weighted by Crippen LogP contribution is -1.96. The van der Waals surface area contributed by atoms with Crippen molar-refractivity contribution in [3.63, 3.8) is 0 Å². The Kier molecular flexibility index (Phi) is 14.8. The molecule has 0 amide bonds. The first-order valence-corrected chi connectivity index (χ1v) is 23.9. The van der Waals surface area contributed by atoms with Crippen LogP contribution < -0.4 is 0 Å². The second kappa shape index (κ2) is 19.3. The van der Waals surface area contributed by atoms with Gasteiger partial charge in [0.2, 0.25) is 0 Å². The molecule has 0 saturated heterocycles. The number of aromatic nitrogens is 4. The molecule has 330 valence electrons. The number of rotatable bonds is 4. The summed E-state index contributed by atoms with van der Waals surface area (Å²) in [6.45, 7) is 0. The van der Waals surface area contributed by atoms with E-state index in [-0.39, 0.29) is 182 Å². The summed E-state index contributed by atoms with van der Waals surface area (Å²) in [6.07, 6.45) is 0. The zero-order valence-corrected chi connectivity index (χ0v) is 44.2. The summed E-state index contributed by atoms with van der Waals surface area (Å²) in [4.78, 5) is 16.6. The lowest BCUT2D eigenvalue weighted by atomic mass is 9.90. The van der Waals surface area contributed by atoms with Gasteiger partial charge in [-0.2, -0.15) is 0 Å². The van der Waals surface area contributed by atoms with Crippen LogP contribution in [0, 0.1) is 0 Å². The molecule has 4 aromatic carbocycles. The minimum absolute atomic E-state index is 0. The molecule has 0 spiro atoms. The molecule has 2 aliphatic rings. The molecule has 9 rings (SSSR count). The number of nitrogens with zero attached hydrogens (tertiary/aromatic N) is 2. The van der Waals surface area contributed by atoms with E-state index < -0.39 is 0 Å². The molecule has 0 aliphatic carbocycles. The molecule has 21 heteroatoms. The van der Waals surface area contributed by atoms with Crippen molar-refractivity contribution in [3.05, 3.63) is 166 Å². The smallest absolute Gasteiger partial charge is 0.105 e. The van der Waals surface area contributed by atoms with Crippen LogP contribution in [-0.4, -0.2) is 19.9 Å². The van der Waals surface area contributed by atoms with E-state index in [4.69, 9.17) is 196 Å². The molecule has 4 nitrogen and oxygen atoms in total. The minimum Gasteiger partial charge on any atom is -0.353 e. The average Bonchev–Trinajstić information content (AvgIpc) is 3.96. The van der Waals surface area contributed by atoms with Crippen LogP contribution in [0.25, 0.3) is 76.1 Å². The van der Waals surface area contributed by atoms with E-state index in [9.17, 15) is 0 Å². The van der Waals surface area contributed by atoms with Crippen molar-refractivity contribution in [1.82, 2.24) is 19.9 Å². The maximum absolute atomic E-state index is 7.57. The van der Waals surface area contributed by atoms with E-state index in [1.54, 1.807) is 72.8 Å². The van der Waals surface area contributed by atoms with Crippen molar-refractivity contribution in [3.8, 4) is 33.4 Å². The van der Waals surface area contributed by atoms with Crippen molar-refractivity contribution in [2.75, 3.05) is 0 Å². The van der Waals surface area contributed by atoms with E-state index in [1.165, 1.54) is 0 Å². The summed E-state index contributed by atoms with van der Waals surface area (Å²) in [5, 5.41) is 0.885. The fourth-order valence-corrected chi connectivity index (χ4v) is 12.1. The summed E-state index contributed by atoms with van der Waals surface area (Å²) >= 11 is 114. The van der Waals surface area contributed by atoms with E-state index >= 15 is 0 Å². The number of aromatic amines is 2. The third-order valence-electron chi connectivity index (χ3n) is 10.2. The number of nitrogens with one attached hydrogen (secondary N) is 2. The Morgan fingerprint density at radius 1 is 0.277 bits per heavy atom. The predicted octanol–water partition coefficient (Wildman–Crippen LogP) is 21.7. The van der Waals surface area contributed by atoms with Crippen LogP contribution in [0.3, 0.4) is 0 Å². The minimum atomic E-state index is -0.110. The lowest BCUT2D eigenvalue weighted by Gasteiger charge is -2.17. The molecule has 0 atom stereocenters. The van der Waals surface area contributed by atoms with Gasteiger partial charge in [0, 0.05) is 64.6 Å². The van der Waals surface area contributed by atoms with Crippen molar-refractivity contribution in [2.45, 2.75) is 0 Å². The standard InChI is InChI=1S/C44H14Cl16N4.ClH/c45-13-5-1-6-14(46)21(13)25-26(22-15(47)7-2-8-16(22)48)39-34(58)41-30(54)31(55)43(63-41)36(60)44-33(57)32(56)42(64-44)35(59)40-29(53)27(23-17(49)9-3-10-18(23)50)38(62-40)28(37(25)61-39)24-19(51)11-4-12-20(24)52;/h1-12,61,64H;1H. The Morgan fingerprint density at radius 2 is 0.569 bits per heavy atom. The third kappa shape index (κ3) is 8.22. The fourth-order valence-electron chi connectivity index (χ4n) is 7.47. The quantitative estimate of drug-likeness (QED) is 0.185. The van der Waals surface area contributed by atoms with Gasteiger partial charge >= 0.3 is 0 Å². The molecule has 5 heterocycles. The van der Waals surface area contributed by atoms with Crippen molar-refractivity contribution in [1.29, 1.82) is 0 Å². The monoisotopic (exact) mass is 1190 g/mol. The first-order chi connectivity index (χ1) is 30.4. The number of H-pyrrole nitrogens is 2. The van der Waals surface area contributed by atoms with Crippen molar-refractivity contribution < 1.29 is 0 Å². The molecular formula is C44H15Cl17N4. The van der Waals surface area contributed by atoms with Gasteiger partial charge in [-0.1, -0.05) is 210 Å². The van der Waals surface area contributed by atoms with Gasteiger partial charge < -0.3 is 9.97 Å². The van der Waals surface area contributed by atoms with E-state index in [1.807, 2.05) is 0 Å². The molecule has 3 aromatic heterocycles. The Labute approximate surface area is 455 Å². The fraction of sp³-hybridized carbons (Fsp3) is 0. The van der Waals surface area contributed by atoms with Crippen LogP contribution in [0.15, 0.2) is 72.8 Å². The highest BCUT2D eigenvalue weighted by Crippen LogP contribution is 2.57. The highest BCUT2D eigenvalue weighted by atomic mass is 35.5. The predicted molar refractivity (Wildman–Crippen MR) is 286 cm³/mol.